The van der Waals surface area contributed by atoms with E-state index < -0.39 is 6.36 Å². The molecule has 1 saturated heterocycles. The van der Waals surface area contributed by atoms with Gasteiger partial charge in [-0.3, -0.25) is 0 Å². The van der Waals surface area contributed by atoms with Crippen LogP contribution < -0.4 is 10.1 Å². The molecule has 1 aliphatic heterocycles. The summed E-state index contributed by atoms with van der Waals surface area (Å²) in [6, 6.07) is 5.68. The summed E-state index contributed by atoms with van der Waals surface area (Å²) < 4.78 is 45.4. The fourth-order valence-corrected chi connectivity index (χ4v) is 2.04. The number of halogens is 3. The number of alkyl halides is 3. The highest BCUT2D eigenvalue weighted by molar-refractivity contribution is 5.46. The van der Waals surface area contributed by atoms with Crippen molar-refractivity contribution in [2.24, 2.45) is 0 Å². The van der Waals surface area contributed by atoms with Crippen LogP contribution in [0.25, 0.3) is 0 Å². The maximum absolute atomic E-state index is 12.0. The molecule has 2 atom stereocenters. The van der Waals surface area contributed by atoms with Crippen LogP contribution in [0.1, 0.15) is 19.8 Å². The second kappa shape index (κ2) is 5.69. The minimum Gasteiger partial charge on any atom is -0.406 e. The standard InChI is InChI=1S/C13H16F3NO2/c1-9-2-5-12(18-9)8-17-10-3-6-11(7-4-10)19-13(14,15)16/h3-4,6-7,9,12,17H,2,5,8H2,1H3. The summed E-state index contributed by atoms with van der Waals surface area (Å²) in [5.41, 5.74) is 0.748. The second-order valence-electron chi connectivity index (χ2n) is 4.60. The number of hydrogen-bond donors (Lipinski definition) is 1. The summed E-state index contributed by atoms with van der Waals surface area (Å²) >= 11 is 0. The van der Waals surface area contributed by atoms with Gasteiger partial charge < -0.3 is 14.8 Å². The molecule has 0 bridgehead atoms. The Morgan fingerprint density at radius 3 is 2.47 bits per heavy atom. The van der Waals surface area contributed by atoms with Gasteiger partial charge in [0.25, 0.3) is 0 Å². The van der Waals surface area contributed by atoms with E-state index >= 15 is 0 Å². The summed E-state index contributed by atoms with van der Waals surface area (Å²) in [5, 5.41) is 3.14. The quantitative estimate of drug-likeness (QED) is 0.911. The van der Waals surface area contributed by atoms with E-state index in [2.05, 4.69) is 10.1 Å². The molecular formula is C13H16F3NO2. The molecule has 0 saturated carbocycles. The van der Waals surface area contributed by atoms with E-state index in [9.17, 15) is 13.2 Å². The maximum Gasteiger partial charge on any atom is 0.573 e. The molecule has 1 N–H and O–H groups in total. The van der Waals surface area contributed by atoms with Gasteiger partial charge in [-0.1, -0.05) is 0 Å². The van der Waals surface area contributed by atoms with Crippen molar-refractivity contribution in [3.8, 4) is 5.75 Å². The van der Waals surface area contributed by atoms with Crippen LogP contribution in [0.15, 0.2) is 24.3 Å². The van der Waals surface area contributed by atoms with Crippen LogP contribution in [-0.4, -0.2) is 25.1 Å². The zero-order chi connectivity index (χ0) is 13.9. The van der Waals surface area contributed by atoms with Gasteiger partial charge in [0, 0.05) is 12.2 Å². The molecule has 19 heavy (non-hydrogen) atoms. The Labute approximate surface area is 109 Å². The van der Waals surface area contributed by atoms with Crippen molar-refractivity contribution in [3.05, 3.63) is 24.3 Å². The van der Waals surface area contributed by atoms with Gasteiger partial charge in [0.15, 0.2) is 0 Å². The second-order valence-corrected chi connectivity index (χ2v) is 4.60. The third-order valence-corrected chi connectivity index (χ3v) is 2.94. The lowest BCUT2D eigenvalue weighted by Gasteiger charge is -2.14. The molecule has 0 aliphatic carbocycles. The predicted octanol–water partition coefficient (Wildman–Crippen LogP) is 3.56. The van der Waals surface area contributed by atoms with E-state index in [-0.39, 0.29) is 18.0 Å². The highest BCUT2D eigenvalue weighted by Gasteiger charge is 2.31. The fraction of sp³-hybridized carbons (Fsp3) is 0.538. The van der Waals surface area contributed by atoms with Crippen LogP contribution in [0.3, 0.4) is 0 Å². The Hall–Kier alpha value is -1.43. The van der Waals surface area contributed by atoms with E-state index in [1.165, 1.54) is 12.1 Å². The summed E-state index contributed by atoms with van der Waals surface area (Å²) in [6.45, 7) is 2.69. The van der Waals surface area contributed by atoms with E-state index in [1.807, 2.05) is 6.92 Å². The molecule has 2 rings (SSSR count). The first-order valence-corrected chi connectivity index (χ1v) is 6.17. The van der Waals surface area contributed by atoms with Gasteiger partial charge in [-0.2, -0.15) is 0 Å². The van der Waals surface area contributed by atoms with Gasteiger partial charge >= 0.3 is 6.36 Å². The van der Waals surface area contributed by atoms with Crippen molar-refractivity contribution in [3.63, 3.8) is 0 Å². The fourth-order valence-electron chi connectivity index (χ4n) is 2.04. The summed E-state index contributed by atoms with van der Waals surface area (Å²) in [7, 11) is 0. The molecule has 1 aromatic carbocycles. The molecule has 1 aliphatic rings. The molecule has 1 fully saturated rings. The number of hydrogen-bond acceptors (Lipinski definition) is 3. The van der Waals surface area contributed by atoms with Crippen molar-refractivity contribution < 1.29 is 22.6 Å². The van der Waals surface area contributed by atoms with Crippen LogP contribution >= 0.6 is 0 Å². The van der Waals surface area contributed by atoms with Crippen molar-refractivity contribution in [1.29, 1.82) is 0 Å². The average molecular weight is 275 g/mol. The number of rotatable bonds is 4. The lowest BCUT2D eigenvalue weighted by atomic mass is 10.2. The molecule has 1 heterocycles. The highest BCUT2D eigenvalue weighted by atomic mass is 19.4. The Morgan fingerprint density at radius 1 is 1.26 bits per heavy atom. The van der Waals surface area contributed by atoms with Crippen molar-refractivity contribution in [2.45, 2.75) is 38.3 Å². The lowest BCUT2D eigenvalue weighted by Crippen LogP contribution is -2.19. The molecule has 2 unspecified atom stereocenters. The van der Waals surface area contributed by atoms with Gasteiger partial charge in [-0.15, -0.1) is 13.2 Å². The van der Waals surface area contributed by atoms with Crippen LogP contribution in [0.4, 0.5) is 18.9 Å². The monoisotopic (exact) mass is 275 g/mol. The summed E-state index contributed by atoms with van der Waals surface area (Å²) in [4.78, 5) is 0. The Bertz CT molecular complexity index is 405. The van der Waals surface area contributed by atoms with Crippen molar-refractivity contribution >= 4 is 5.69 Å². The van der Waals surface area contributed by atoms with E-state index in [4.69, 9.17) is 4.74 Å². The van der Waals surface area contributed by atoms with Gasteiger partial charge in [-0.25, -0.2) is 0 Å². The molecule has 3 nitrogen and oxygen atoms in total. The lowest BCUT2D eigenvalue weighted by molar-refractivity contribution is -0.274. The normalized spacial score (nSPS) is 23.4. The SMILES string of the molecule is CC1CCC(CNc2ccc(OC(F)(F)F)cc2)O1. The first-order valence-electron chi connectivity index (χ1n) is 6.17. The van der Waals surface area contributed by atoms with E-state index in [0.29, 0.717) is 6.54 Å². The van der Waals surface area contributed by atoms with Gasteiger partial charge in [0.05, 0.1) is 12.2 Å². The zero-order valence-corrected chi connectivity index (χ0v) is 10.5. The minimum absolute atomic E-state index is 0.168. The number of nitrogens with one attached hydrogen (secondary N) is 1. The third-order valence-electron chi connectivity index (χ3n) is 2.94. The molecule has 0 spiro atoms. The van der Waals surface area contributed by atoms with Crippen LogP contribution in [0.2, 0.25) is 0 Å². The molecule has 6 heteroatoms. The van der Waals surface area contributed by atoms with Crippen LogP contribution in [0, 0.1) is 0 Å². The minimum atomic E-state index is -4.65. The average Bonchev–Trinajstić information content (AvgIpc) is 2.72. The number of ether oxygens (including phenoxy) is 2. The van der Waals surface area contributed by atoms with Gasteiger partial charge in [0.2, 0.25) is 0 Å². The molecule has 0 aromatic heterocycles. The number of anilines is 1. The van der Waals surface area contributed by atoms with E-state index in [0.717, 1.165) is 18.5 Å². The van der Waals surface area contributed by atoms with Gasteiger partial charge in [0.1, 0.15) is 5.75 Å². The molecular weight excluding hydrogens is 259 g/mol. The first-order chi connectivity index (χ1) is 8.92. The molecule has 0 radical (unpaired) electrons. The van der Waals surface area contributed by atoms with Crippen LogP contribution in [0.5, 0.6) is 5.75 Å². The van der Waals surface area contributed by atoms with Crippen LogP contribution in [-0.2, 0) is 4.74 Å². The predicted molar refractivity (Wildman–Crippen MR) is 65.2 cm³/mol. The smallest absolute Gasteiger partial charge is 0.406 e. The Kier molecular flexibility index (Phi) is 4.19. The summed E-state index contributed by atoms with van der Waals surface area (Å²) in [6.07, 6.45) is -2.15. The number of benzene rings is 1. The largest absolute Gasteiger partial charge is 0.573 e. The molecule has 0 amide bonds. The third kappa shape index (κ3) is 4.63. The molecule has 1 aromatic rings. The summed E-state index contributed by atoms with van der Waals surface area (Å²) in [5.74, 6) is -0.219. The first kappa shape index (κ1) is 14.0. The maximum atomic E-state index is 12.0. The Morgan fingerprint density at radius 2 is 1.95 bits per heavy atom. The van der Waals surface area contributed by atoms with Crippen molar-refractivity contribution in [2.75, 3.05) is 11.9 Å². The van der Waals surface area contributed by atoms with Gasteiger partial charge in [-0.05, 0) is 44.0 Å². The zero-order valence-electron chi connectivity index (χ0n) is 10.5. The highest BCUT2D eigenvalue weighted by Crippen LogP contribution is 2.24. The Balaban J connectivity index is 1.82. The van der Waals surface area contributed by atoms with Crippen molar-refractivity contribution in [1.82, 2.24) is 0 Å². The molecule has 106 valence electrons. The topological polar surface area (TPSA) is 30.5 Å². The van der Waals surface area contributed by atoms with E-state index in [1.54, 1.807) is 12.1 Å².